The van der Waals surface area contributed by atoms with Gasteiger partial charge in [0.05, 0.1) is 21.6 Å². The Bertz CT molecular complexity index is 881. The molecule has 7 heteroatoms. The molecule has 26 heavy (non-hydrogen) atoms. The molecular formula is C19H17NO3S3. The van der Waals surface area contributed by atoms with Crippen LogP contribution in [0, 0.1) is 6.92 Å². The first-order valence-corrected chi connectivity index (χ1v) is 11.2. The fourth-order valence-electron chi connectivity index (χ4n) is 2.65. The molecule has 3 heterocycles. The van der Waals surface area contributed by atoms with Gasteiger partial charge < -0.3 is 9.15 Å². The molecule has 0 bridgehead atoms. The third-order valence-corrected chi connectivity index (χ3v) is 7.90. The predicted octanol–water partition coefficient (Wildman–Crippen LogP) is 5.34. The molecule has 4 rings (SSSR count). The highest BCUT2D eigenvalue weighted by atomic mass is 32.2. The Hall–Kier alpha value is -1.70. The van der Waals surface area contributed by atoms with Gasteiger partial charge in [0.15, 0.2) is 0 Å². The quantitative estimate of drug-likeness (QED) is 0.423. The number of rotatable bonds is 5. The van der Waals surface area contributed by atoms with Crippen LogP contribution in [0.1, 0.15) is 21.6 Å². The van der Waals surface area contributed by atoms with E-state index in [-0.39, 0.29) is 12.4 Å². The van der Waals surface area contributed by atoms with Gasteiger partial charge in [0, 0.05) is 11.5 Å². The van der Waals surface area contributed by atoms with Gasteiger partial charge in [-0.05, 0) is 36.1 Å². The number of hydrogen-bond donors (Lipinski definition) is 0. The highest BCUT2D eigenvalue weighted by molar-refractivity contribution is 8.19. The molecule has 134 valence electrons. The number of aryl methyl sites for hydroxylation is 1. The first kappa shape index (κ1) is 17.7. The summed E-state index contributed by atoms with van der Waals surface area (Å²) < 4.78 is 11.6. The average Bonchev–Trinajstić information content (AvgIpc) is 3.38. The van der Waals surface area contributed by atoms with Crippen LogP contribution in [0.4, 0.5) is 0 Å². The molecule has 1 aromatic carbocycles. The van der Waals surface area contributed by atoms with Gasteiger partial charge in [-0.2, -0.15) is 0 Å². The topological polar surface area (TPSA) is 52.3 Å². The minimum absolute atomic E-state index is 0.0940. The molecule has 0 atom stereocenters. The van der Waals surface area contributed by atoms with E-state index in [1.165, 1.54) is 17.1 Å². The number of thiophene rings is 1. The molecule has 1 fully saturated rings. The fraction of sp³-hybridized carbons (Fsp3) is 0.263. The Morgan fingerprint density at radius 3 is 2.69 bits per heavy atom. The summed E-state index contributed by atoms with van der Waals surface area (Å²) in [7, 11) is 0. The first-order chi connectivity index (χ1) is 12.7. The summed E-state index contributed by atoms with van der Waals surface area (Å²) in [6, 6.07) is 11.7. The maximum Gasteiger partial charge on any atom is 0.317 e. The maximum absolute atomic E-state index is 12.3. The zero-order chi connectivity index (χ0) is 17.9. The van der Waals surface area contributed by atoms with Crippen molar-refractivity contribution >= 4 is 40.8 Å². The van der Waals surface area contributed by atoms with Crippen LogP contribution in [0.2, 0.25) is 0 Å². The lowest BCUT2D eigenvalue weighted by Gasteiger charge is -2.09. The highest BCUT2D eigenvalue weighted by Gasteiger charge is 2.19. The number of thioether (sulfide) groups is 2. The van der Waals surface area contributed by atoms with Crippen molar-refractivity contribution in [2.45, 2.75) is 17.9 Å². The molecule has 2 aromatic heterocycles. The molecule has 0 radical (unpaired) electrons. The molecule has 1 aliphatic heterocycles. The summed E-state index contributed by atoms with van der Waals surface area (Å²) in [5.74, 6) is 3.81. The molecule has 4 nitrogen and oxygen atoms in total. The third-order valence-electron chi connectivity index (χ3n) is 3.94. The standard InChI is InChI=1S/C19H17NO3S3/c1-12-15(20-18(22-12)16-3-2-8-24-16)11-17(21)23-14-6-4-13(5-7-14)19-25-9-10-26-19/h2-8,19H,9-11H2,1H3. The number of carbonyl (C=O) groups is 1. The van der Waals surface area contributed by atoms with E-state index in [9.17, 15) is 4.79 Å². The Kier molecular flexibility index (Phi) is 5.38. The van der Waals surface area contributed by atoms with Crippen LogP contribution >= 0.6 is 34.9 Å². The van der Waals surface area contributed by atoms with Gasteiger partial charge in [0.2, 0.25) is 5.89 Å². The maximum atomic E-state index is 12.3. The van der Waals surface area contributed by atoms with Crippen molar-refractivity contribution in [1.29, 1.82) is 0 Å². The van der Waals surface area contributed by atoms with E-state index >= 15 is 0 Å². The van der Waals surface area contributed by atoms with Crippen molar-refractivity contribution in [3.63, 3.8) is 0 Å². The van der Waals surface area contributed by atoms with E-state index in [0.29, 0.717) is 27.7 Å². The predicted molar refractivity (Wildman–Crippen MR) is 108 cm³/mol. The van der Waals surface area contributed by atoms with Crippen molar-refractivity contribution in [2.24, 2.45) is 0 Å². The second kappa shape index (κ2) is 7.90. The molecule has 0 spiro atoms. The van der Waals surface area contributed by atoms with Gasteiger partial charge in [-0.25, -0.2) is 4.98 Å². The number of benzene rings is 1. The lowest BCUT2D eigenvalue weighted by Crippen LogP contribution is -2.12. The highest BCUT2D eigenvalue weighted by Crippen LogP contribution is 2.45. The molecule has 0 saturated carbocycles. The summed E-state index contributed by atoms with van der Waals surface area (Å²) >= 11 is 5.47. The van der Waals surface area contributed by atoms with Gasteiger partial charge in [0.1, 0.15) is 11.5 Å². The van der Waals surface area contributed by atoms with Gasteiger partial charge in [-0.1, -0.05) is 18.2 Å². The number of hydrogen-bond acceptors (Lipinski definition) is 7. The van der Waals surface area contributed by atoms with Crippen LogP contribution in [-0.4, -0.2) is 22.5 Å². The molecule has 0 aliphatic carbocycles. The van der Waals surface area contributed by atoms with Crippen LogP contribution < -0.4 is 4.74 Å². The van der Waals surface area contributed by atoms with Gasteiger partial charge in [-0.15, -0.1) is 34.9 Å². The Labute approximate surface area is 164 Å². The zero-order valence-electron chi connectivity index (χ0n) is 14.1. The third kappa shape index (κ3) is 4.00. The monoisotopic (exact) mass is 403 g/mol. The first-order valence-electron chi connectivity index (χ1n) is 8.23. The van der Waals surface area contributed by atoms with Crippen LogP contribution in [0.3, 0.4) is 0 Å². The Balaban J connectivity index is 1.39. The number of esters is 1. The van der Waals surface area contributed by atoms with Crippen LogP contribution in [0.15, 0.2) is 46.2 Å². The van der Waals surface area contributed by atoms with E-state index in [4.69, 9.17) is 9.15 Å². The SMILES string of the molecule is Cc1oc(-c2cccs2)nc1CC(=O)Oc1ccc(C2SCCS2)cc1. The molecule has 1 aliphatic rings. The summed E-state index contributed by atoms with van der Waals surface area (Å²) in [5.41, 5.74) is 1.89. The number of oxazole rings is 1. The summed E-state index contributed by atoms with van der Waals surface area (Å²) in [6.07, 6.45) is 0.0940. The van der Waals surface area contributed by atoms with Gasteiger partial charge in [0.25, 0.3) is 0 Å². The molecule has 0 unspecified atom stereocenters. The molecule has 1 saturated heterocycles. The van der Waals surface area contributed by atoms with Crippen molar-refractivity contribution in [2.75, 3.05) is 11.5 Å². The van der Waals surface area contributed by atoms with E-state index in [1.807, 2.05) is 72.2 Å². The van der Waals surface area contributed by atoms with E-state index in [1.54, 1.807) is 11.3 Å². The Morgan fingerprint density at radius 2 is 2.00 bits per heavy atom. The summed E-state index contributed by atoms with van der Waals surface area (Å²) in [4.78, 5) is 17.6. The lowest BCUT2D eigenvalue weighted by molar-refractivity contribution is -0.133. The molecule has 0 amide bonds. The molecule has 0 N–H and O–H groups in total. The fourth-order valence-corrected chi connectivity index (χ4v) is 6.15. The summed E-state index contributed by atoms with van der Waals surface area (Å²) in [5, 5.41) is 1.97. The lowest BCUT2D eigenvalue weighted by atomic mass is 10.2. The van der Waals surface area contributed by atoms with Crippen LogP contribution in [0.5, 0.6) is 5.75 Å². The minimum Gasteiger partial charge on any atom is -0.440 e. The molecular weight excluding hydrogens is 386 g/mol. The second-order valence-corrected chi connectivity index (χ2v) is 9.46. The van der Waals surface area contributed by atoms with Crippen molar-refractivity contribution < 1.29 is 13.9 Å². The van der Waals surface area contributed by atoms with Crippen molar-refractivity contribution in [3.8, 4) is 16.5 Å². The average molecular weight is 404 g/mol. The number of carbonyl (C=O) groups excluding carboxylic acids is 1. The molecule has 3 aromatic rings. The smallest absolute Gasteiger partial charge is 0.317 e. The van der Waals surface area contributed by atoms with Crippen LogP contribution in [-0.2, 0) is 11.2 Å². The van der Waals surface area contributed by atoms with Crippen molar-refractivity contribution in [3.05, 3.63) is 58.8 Å². The van der Waals surface area contributed by atoms with Crippen LogP contribution in [0.25, 0.3) is 10.8 Å². The number of aromatic nitrogens is 1. The van der Waals surface area contributed by atoms with Crippen molar-refractivity contribution in [1.82, 2.24) is 4.98 Å². The number of ether oxygens (including phenoxy) is 1. The summed E-state index contributed by atoms with van der Waals surface area (Å²) in [6.45, 7) is 1.82. The van der Waals surface area contributed by atoms with E-state index in [2.05, 4.69) is 4.98 Å². The van der Waals surface area contributed by atoms with Gasteiger partial charge >= 0.3 is 5.97 Å². The van der Waals surface area contributed by atoms with E-state index in [0.717, 1.165) is 4.88 Å². The van der Waals surface area contributed by atoms with E-state index < -0.39 is 0 Å². The number of nitrogens with zero attached hydrogens (tertiary/aromatic N) is 1. The minimum atomic E-state index is -0.337. The Morgan fingerprint density at radius 1 is 1.23 bits per heavy atom. The zero-order valence-corrected chi connectivity index (χ0v) is 16.6. The second-order valence-electron chi connectivity index (χ2n) is 5.79. The largest absolute Gasteiger partial charge is 0.440 e. The van der Waals surface area contributed by atoms with Gasteiger partial charge in [-0.3, -0.25) is 4.79 Å². The normalized spacial score (nSPS) is 14.7.